The van der Waals surface area contributed by atoms with Gasteiger partial charge in [0.2, 0.25) is 11.8 Å². The number of likely N-dealkylation sites (N-methyl/N-ethyl adjacent to an activating group) is 1. The van der Waals surface area contributed by atoms with E-state index >= 15 is 0 Å². The van der Waals surface area contributed by atoms with Gasteiger partial charge in [-0.15, -0.1) is 0 Å². The fraction of sp³-hybridized carbons (Fsp3) is 0.364. The summed E-state index contributed by atoms with van der Waals surface area (Å²) in [5.41, 5.74) is 2.00. The van der Waals surface area contributed by atoms with E-state index in [9.17, 15) is 9.59 Å². The second kappa shape index (κ2) is 7.92. The second-order valence-electron chi connectivity index (χ2n) is 7.36. The highest BCUT2D eigenvalue weighted by Gasteiger charge is 2.28. The Kier molecular flexibility index (Phi) is 5.19. The first kappa shape index (κ1) is 18.3. The molecule has 2 atom stereocenters. The topological polar surface area (TPSA) is 67.9 Å². The number of ether oxygens (including phenoxy) is 2. The zero-order chi connectivity index (χ0) is 19.5. The van der Waals surface area contributed by atoms with Gasteiger partial charge in [0.05, 0.1) is 6.54 Å². The number of anilines is 1. The lowest BCUT2D eigenvalue weighted by molar-refractivity contribution is -0.131. The van der Waals surface area contributed by atoms with Crippen LogP contribution >= 0.6 is 0 Å². The van der Waals surface area contributed by atoms with Crippen molar-refractivity contribution in [3.63, 3.8) is 0 Å². The molecule has 0 saturated carbocycles. The number of hydrogen-bond donors (Lipinski definition) is 1. The van der Waals surface area contributed by atoms with Crippen molar-refractivity contribution in [2.45, 2.75) is 25.4 Å². The molecule has 6 nitrogen and oxygen atoms in total. The Bertz CT molecular complexity index is 882. The summed E-state index contributed by atoms with van der Waals surface area (Å²) in [6.07, 6.45) is 1.35. The standard InChI is InChI=1S/C22H24N2O4/c1-24(13-17-14-27-19-8-4-5-9-20(19)28-17)21(25)11-10-16-12-15-6-2-3-7-18(15)23-22(16)26/h2-9,16-17H,10-14H2,1H3,(H,23,26)/t16-,17+/m1/s1. The summed E-state index contributed by atoms with van der Waals surface area (Å²) in [6.45, 7) is 0.864. The third-order valence-corrected chi connectivity index (χ3v) is 5.29. The smallest absolute Gasteiger partial charge is 0.227 e. The highest BCUT2D eigenvalue weighted by Crippen LogP contribution is 2.31. The van der Waals surface area contributed by atoms with Gasteiger partial charge in [0, 0.05) is 25.1 Å². The summed E-state index contributed by atoms with van der Waals surface area (Å²) in [5.74, 6) is 1.27. The largest absolute Gasteiger partial charge is 0.486 e. The summed E-state index contributed by atoms with van der Waals surface area (Å²) in [4.78, 5) is 26.5. The van der Waals surface area contributed by atoms with E-state index < -0.39 is 0 Å². The molecular formula is C22H24N2O4. The summed E-state index contributed by atoms with van der Waals surface area (Å²) in [6, 6.07) is 15.3. The van der Waals surface area contributed by atoms with Crippen LogP contribution < -0.4 is 14.8 Å². The number of amides is 2. The first-order valence-corrected chi connectivity index (χ1v) is 9.61. The first-order chi connectivity index (χ1) is 13.6. The van der Waals surface area contributed by atoms with E-state index in [1.54, 1.807) is 11.9 Å². The van der Waals surface area contributed by atoms with Crippen LogP contribution in [0.1, 0.15) is 18.4 Å². The summed E-state index contributed by atoms with van der Waals surface area (Å²) < 4.78 is 11.6. The maximum atomic E-state index is 12.6. The van der Waals surface area contributed by atoms with Crippen LogP contribution in [0.15, 0.2) is 48.5 Å². The third kappa shape index (κ3) is 3.96. The predicted octanol–water partition coefficient (Wildman–Crippen LogP) is 2.88. The molecule has 0 aromatic heterocycles. The van der Waals surface area contributed by atoms with Crippen LogP contribution in [-0.2, 0) is 16.0 Å². The lowest BCUT2D eigenvalue weighted by atomic mass is 9.89. The second-order valence-corrected chi connectivity index (χ2v) is 7.36. The van der Waals surface area contributed by atoms with E-state index in [2.05, 4.69) is 5.32 Å². The average molecular weight is 380 g/mol. The normalized spacial score (nSPS) is 20.1. The molecule has 2 amide bonds. The number of fused-ring (bicyclic) bond motifs is 2. The fourth-order valence-corrected chi connectivity index (χ4v) is 3.70. The quantitative estimate of drug-likeness (QED) is 0.866. The highest BCUT2D eigenvalue weighted by atomic mass is 16.6. The van der Waals surface area contributed by atoms with Gasteiger partial charge in [-0.1, -0.05) is 30.3 Å². The van der Waals surface area contributed by atoms with Crippen LogP contribution in [0.5, 0.6) is 11.5 Å². The van der Waals surface area contributed by atoms with Gasteiger partial charge < -0.3 is 19.7 Å². The number of rotatable bonds is 5. The summed E-state index contributed by atoms with van der Waals surface area (Å²) >= 11 is 0. The molecule has 146 valence electrons. The highest BCUT2D eigenvalue weighted by molar-refractivity contribution is 5.96. The van der Waals surface area contributed by atoms with Crippen LogP contribution in [0.3, 0.4) is 0 Å². The van der Waals surface area contributed by atoms with E-state index in [-0.39, 0.29) is 23.8 Å². The van der Waals surface area contributed by atoms with Crippen LogP contribution in [0.2, 0.25) is 0 Å². The van der Waals surface area contributed by atoms with Crippen molar-refractivity contribution in [3.05, 3.63) is 54.1 Å². The molecule has 2 aromatic rings. The van der Waals surface area contributed by atoms with E-state index in [1.807, 2.05) is 48.5 Å². The molecule has 2 aromatic carbocycles. The molecular weight excluding hydrogens is 356 g/mol. The SMILES string of the molecule is CN(C[C@H]1COc2ccccc2O1)C(=O)CC[C@@H]1Cc2ccccc2NC1=O. The van der Waals surface area contributed by atoms with Gasteiger partial charge in [-0.2, -0.15) is 0 Å². The molecule has 0 spiro atoms. The molecule has 28 heavy (non-hydrogen) atoms. The molecule has 2 aliphatic rings. The van der Waals surface area contributed by atoms with E-state index in [1.165, 1.54) is 0 Å². The van der Waals surface area contributed by atoms with Crippen molar-refractivity contribution in [3.8, 4) is 11.5 Å². The van der Waals surface area contributed by atoms with Crippen molar-refractivity contribution in [1.29, 1.82) is 0 Å². The minimum Gasteiger partial charge on any atom is -0.486 e. The van der Waals surface area contributed by atoms with Crippen LogP contribution in [0.4, 0.5) is 5.69 Å². The zero-order valence-corrected chi connectivity index (χ0v) is 15.9. The minimum atomic E-state index is -0.200. The predicted molar refractivity (Wildman–Crippen MR) is 105 cm³/mol. The lowest BCUT2D eigenvalue weighted by Gasteiger charge is -2.30. The van der Waals surface area contributed by atoms with Crippen molar-refractivity contribution in [2.75, 3.05) is 25.5 Å². The Balaban J connectivity index is 1.28. The average Bonchev–Trinajstić information content (AvgIpc) is 2.71. The van der Waals surface area contributed by atoms with Crippen LogP contribution in [0, 0.1) is 5.92 Å². The Morgan fingerprint density at radius 2 is 1.89 bits per heavy atom. The Labute approximate surface area is 164 Å². The Morgan fingerprint density at radius 1 is 1.14 bits per heavy atom. The van der Waals surface area contributed by atoms with Gasteiger partial charge in [-0.05, 0) is 36.6 Å². The number of benzene rings is 2. The van der Waals surface area contributed by atoms with Crippen LogP contribution in [-0.4, -0.2) is 43.0 Å². The summed E-state index contributed by atoms with van der Waals surface area (Å²) in [5, 5.41) is 2.94. The molecule has 0 bridgehead atoms. The van der Waals surface area contributed by atoms with E-state index in [4.69, 9.17) is 9.47 Å². The van der Waals surface area contributed by atoms with Crippen molar-refractivity contribution >= 4 is 17.5 Å². The zero-order valence-electron chi connectivity index (χ0n) is 15.9. The molecule has 2 aliphatic heterocycles. The number of carbonyl (C=O) groups is 2. The van der Waals surface area contributed by atoms with Gasteiger partial charge >= 0.3 is 0 Å². The third-order valence-electron chi connectivity index (χ3n) is 5.29. The van der Waals surface area contributed by atoms with Gasteiger partial charge in [0.1, 0.15) is 6.61 Å². The number of nitrogens with one attached hydrogen (secondary N) is 1. The van der Waals surface area contributed by atoms with Crippen molar-refractivity contribution in [1.82, 2.24) is 4.90 Å². The molecule has 0 fully saturated rings. The van der Waals surface area contributed by atoms with Gasteiger partial charge in [0.25, 0.3) is 0 Å². The Hall–Kier alpha value is -3.02. The van der Waals surface area contributed by atoms with Crippen LogP contribution in [0.25, 0.3) is 0 Å². The Morgan fingerprint density at radius 3 is 2.75 bits per heavy atom. The van der Waals surface area contributed by atoms with Gasteiger partial charge in [0.15, 0.2) is 17.6 Å². The number of para-hydroxylation sites is 3. The lowest BCUT2D eigenvalue weighted by Crippen LogP contribution is -2.42. The molecule has 6 heteroatoms. The maximum Gasteiger partial charge on any atom is 0.227 e. The fourth-order valence-electron chi connectivity index (χ4n) is 3.70. The molecule has 0 radical (unpaired) electrons. The first-order valence-electron chi connectivity index (χ1n) is 9.61. The monoisotopic (exact) mass is 380 g/mol. The number of hydrogen-bond acceptors (Lipinski definition) is 4. The molecule has 0 unspecified atom stereocenters. The number of carbonyl (C=O) groups excluding carboxylic acids is 2. The van der Waals surface area contributed by atoms with Crippen molar-refractivity contribution < 1.29 is 19.1 Å². The minimum absolute atomic E-state index is 0.00484. The van der Waals surface area contributed by atoms with E-state index in [0.29, 0.717) is 38.2 Å². The molecule has 1 N–H and O–H groups in total. The van der Waals surface area contributed by atoms with Crippen molar-refractivity contribution in [2.24, 2.45) is 5.92 Å². The molecule has 4 rings (SSSR count). The molecule has 2 heterocycles. The van der Waals surface area contributed by atoms with E-state index in [0.717, 1.165) is 17.0 Å². The molecule has 0 saturated heterocycles. The maximum absolute atomic E-state index is 12.6. The van der Waals surface area contributed by atoms with Gasteiger partial charge in [-0.3, -0.25) is 9.59 Å². The molecule has 0 aliphatic carbocycles. The van der Waals surface area contributed by atoms with Gasteiger partial charge in [-0.25, -0.2) is 0 Å². The summed E-state index contributed by atoms with van der Waals surface area (Å²) in [7, 11) is 1.77. The number of nitrogens with zero attached hydrogens (tertiary/aromatic N) is 1.